The number of guanidine groups is 1. The molecule has 1 aliphatic heterocycles. The van der Waals surface area contributed by atoms with Crippen LogP contribution >= 0.6 is 24.0 Å². The maximum Gasteiger partial charge on any atom is 0.193 e. The van der Waals surface area contributed by atoms with E-state index >= 15 is 0 Å². The van der Waals surface area contributed by atoms with Crippen molar-refractivity contribution in [2.45, 2.75) is 56.2 Å². The Balaban J connectivity index is 0.00000312. The maximum absolute atomic E-state index is 12.2. The van der Waals surface area contributed by atoms with Crippen molar-refractivity contribution in [3.8, 4) is 0 Å². The molecule has 25 heavy (non-hydrogen) atoms. The molecule has 0 spiro atoms. The van der Waals surface area contributed by atoms with Gasteiger partial charge in [-0.05, 0) is 40.8 Å². The summed E-state index contributed by atoms with van der Waals surface area (Å²) in [6, 6.07) is 0. The Bertz CT molecular complexity index is 569. The molecule has 6 nitrogen and oxygen atoms in total. The van der Waals surface area contributed by atoms with Crippen LogP contribution in [0, 0.1) is 0 Å². The third-order valence-electron chi connectivity index (χ3n) is 5.86. The second-order valence-electron chi connectivity index (χ2n) is 8.08. The van der Waals surface area contributed by atoms with Gasteiger partial charge in [0.05, 0.1) is 10.5 Å². The molecule has 2 fully saturated rings. The normalized spacial score (nSPS) is 25.4. The molecular weight excluding hydrogens is 451 g/mol. The number of rotatable bonds is 3. The fraction of sp³-hybridized carbons (Fsp3) is 0.941. The smallest absolute Gasteiger partial charge is 0.193 e. The summed E-state index contributed by atoms with van der Waals surface area (Å²) < 4.78 is 23.7. The lowest BCUT2D eigenvalue weighted by molar-refractivity contribution is 0.103. The van der Waals surface area contributed by atoms with Crippen molar-refractivity contribution < 1.29 is 8.42 Å². The Hall–Kier alpha value is -0.0900. The largest absolute Gasteiger partial charge is 0.354 e. The summed E-state index contributed by atoms with van der Waals surface area (Å²) in [5.74, 6) is 1.02. The standard InChI is InChI=1S/C17H34N4O2S.HI/c1-16(2)14-21(11-12-24(16,22)23)15(18-3)19-13-17(20(4)5)9-7-6-8-10-17;/h6-14H2,1-5H3,(H,18,19);1H. The number of nitrogens with one attached hydrogen (secondary N) is 1. The first-order valence-corrected chi connectivity index (χ1v) is 10.6. The number of hydrogen-bond acceptors (Lipinski definition) is 4. The summed E-state index contributed by atoms with van der Waals surface area (Å²) >= 11 is 0. The average Bonchev–Trinajstić information content (AvgIpc) is 2.52. The van der Waals surface area contributed by atoms with Crippen LogP contribution in [0.5, 0.6) is 0 Å². The maximum atomic E-state index is 12.2. The van der Waals surface area contributed by atoms with E-state index in [2.05, 4.69) is 34.2 Å². The Kier molecular flexibility index (Phi) is 8.02. The van der Waals surface area contributed by atoms with Crippen LogP contribution in [0.15, 0.2) is 4.99 Å². The second-order valence-corrected chi connectivity index (χ2v) is 10.8. The predicted molar refractivity (Wildman–Crippen MR) is 116 cm³/mol. The van der Waals surface area contributed by atoms with Gasteiger partial charge in [0, 0.05) is 32.2 Å². The number of halogens is 1. The van der Waals surface area contributed by atoms with Crippen molar-refractivity contribution in [3.05, 3.63) is 0 Å². The van der Waals surface area contributed by atoms with Gasteiger partial charge in [-0.1, -0.05) is 19.3 Å². The van der Waals surface area contributed by atoms with Crippen LogP contribution in [-0.4, -0.2) is 81.0 Å². The van der Waals surface area contributed by atoms with E-state index in [1.807, 2.05) is 13.8 Å². The highest BCUT2D eigenvalue weighted by atomic mass is 127. The minimum absolute atomic E-state index is 0. The van der Waals surface area contributed by atoms with Crippen LogP contribution in [0.4, 0.5) is 0 Å². The molecule has 148 valence electrons. The van der Waals surface area contributed by atoms with Crippen LogP contribution in [-0.2, 0) is 9.84 Å². The van der Waals surface area contributed by atoms with Gasteiger partial charge in [-0.2, -0.15) is 0 Å². The van der Waals surface area contributed by atoms with Crippen molar-refractivity contribution in [1.82, 2.24) is 15.1 Å². The van der Waals surface area contributed by atoms with Crippen LogP contribution in [0.25, 0.3) is 0 Å². The fourth-order valence-electron chi connectivity index (χ4n) is 3.89. The van der Waals surface area contributed by atoms with Gasteiger partial charge in [0.15, 0.2) is 15.8 Å². The molecule has 0 bridgehead atoms. The summed E-state index contributed by atoms with van der Waals surface area (Å²) in [5.41, 5.74) is 0.172. The highest BCUT2D eigenvalue weighted by Crippen LogP contribution is 2.31. The minimum Gasteiger partial charge on any atom is -0.354 e. The zero-order valence-corrected chi connectivity index (χ0v) is 19.5. The van der Waals surface area contributed by atoms with Gasteiger partial charge in [-0.25, -0.2) is 8.42 Å². The summed E-state index contributed by atoms with van der Waals surface area (Å²) in [5, 5.41) is 3.54. The molecule has 0 amide bonds. The first-order chi connectivity index (χ1) is 11.1. The van der Waals surface area contributed by atoms with Crippen molar-refractivity contribution in [3.63, 3.8) is 0 Å². The summed E-state index contributed by atoms with van der Waals surface area (Å²) in [6.45, 7) is 5.48. The molecule has 1 N–H and O–H groups in total. The molecule has 1 heterocycles. The molecule has 2 rings (SSSR count). The monoisotopic (exact) mass is 486 g/mol. The Morgan fingerprint density at radius 2 is 1.80 bits per heavy atom. The van der Waals surface area contributed by atoms with E-state index in [4.69, 9.17) is 0 Å². The SMILES string of the molecule is CN=C(NCC1(N(C)C)CCCCC1)N1CCS(=O)(=O)C(C)(C)C1.I. The first-order valence-electron chi connectivity index (χ1n) is 8.99. The van der Waals surface area contributed by atoms with E-state index < -0.39 is 14.6 Å². The van der Waals surface area contributed by atoms with E-state index in [0.717, 1.165) is 12.5 Å². The Morgan fingerprint density at radius 1 is 1.20 bits per heavy atom. The number of sulfone groups is 1. The number of likely N-dealkylation sites (N-methyl/N-ethyl adjacent to an activating group) is 1. The topological polar surface area (TPSA) is 65.0 Å². The molecule has 0 radical (unpaired) electrons. The van der Waals surface area contributed by atoms with E-state index in [0.29, 0.717) is 13.1 Å². The lowest BCUT2D eigenvalue weighted by Crippen LogP contribution is -2.60. The van der Waals surface area contributed by atoms with Crippen molar-refractivity contribution in [1.29, 1.82) is 0 Å². The highest BCUT2D eigenvalue weighted by molar-refractivity contribution is 14.0. The van der Waals surface area contributed by atoms with Crippen LogP contribution in [0.1, 0.15) is 46.0 Å². The van der Waals surface area contributed by atoms with Crippen molar-refractivity contribution in [2.24, 2.45) is 4.99 Å². The van der Waals surface area contributed by atoms with Gasteiger partial charge < -0.3 is 15.1 Å². The average molecular weight is 486 g/mol. The lowest BCUT2D eigenvalue weighted by atomic mass is 9.80. The molecule has 1 saturated carbocycles. The molecule has 0 aromatic rings. The zero-order valence-electron chi connectivity index (χ0n) is 16.3. The van der Waals surface area contributed by atoms with Gasteiger partial charge in [0.1, 0.15) is 0 Å². The van der Waals surface area contributed by atoms with Crippen LogP contribution in [0.2, 0.25) is 0 Å². The third kappa shape index (κ3) is 5.00. The zero-order chi connectivity index (χ0) is 18.0. The van der Waals surface area contributed by atoms with Crippen LogP contribution in [0.3, 0.4) is 0 Å². The summed E-state index contributed by atoms with van der Waals surface area (Å²) in [4.78, 5) is 8.85. The molecule has 0 unspecified atom stereocenters. The van der Waals surface area contributed by atoms with Crippen LogP contribution < -0.4 is 5.32 Å². The Labute approximate surface area is 170 Å². The highest BCUT2D eigenvalue weighted by Gasteiger charge is 2.41. The van der Waals surface area contributed by atoms with Gasteiger partial charge >= 0.3 is 0 Å². The van der Waals surface area contributed by atoms with Gasteiger partial charge in [-0.15, -0.1) is 24.0 Å². The molecule has 1 saturated heterocycles. The minimum atomic E-state index is -3.03. The van der Waals surface area contributed by atoms with Gasteiger partial charge in [0.2, 0.25) is 0 Å². The molecular formula is C17H35IN4O2S. The molecule has 1 aliphatic carbocycles. The number of nitrogens with zero attached hydrogens (tertiary/aromatic N) is 3. The van der Waals surface area contributed by atoms with Gasteiger partial charge in [-0.3, -0.25) is 4.99 Å². The molecule has 0 atom stereocenters. The summed E-state index contributed by atoms with van der Waals surface area (Å²) in [7, 11) is 3.07. The number of aliphatic imine (C=N–C) groups is 1. The summed E-state index contributed by atoms with van der Waals surface area (Å²) in [6.07, 6.45) is 6.26. The fourth-order valence-corrected chi connectivity index (χ4v) is 5.26. The van der Waals surface area contributed by atoms with E-state index in [1.54, 1.807) is 7.05 Å². The Morgan fingerprint density at radius 3 is 2.28 bits per heavy atom. The van der Waals surface area contributed by atoms with Crippen molar-refractivity contribution in [2.75, 3.05) is 46.5 Å². The second kappa shape index (κ2) is 8.73. The van der Waals surface area contributed by atoms with Gasteiger partial charge in [0.25, 0.3) is 0 Å². The first kappa shape index (κ1) is 23.0. The number of hydrogen-bond donors (Lipinski definition) is 1. The van der Waals surface area contributed by atoms with Crippen molar-refractivity contribution >= 4 is 39.8 Å². The van der Waals surface area contributed by atoms with E-state index in [1.165, 1.54) is 32.1 Å². The molecule has 0 aromatic heterocycles. The van der Waals surface area contributed by atoms with E-state index in [-0.39, 0.29) is 35.3 Å². The molecule has 2 aliphatic rings. The predicted octanol–water partition coefficient (Wildman–Crippen LogP) is 1.95. The quantitative estimate of drug-likeness (QED) is 0.376. The van der Waals surface area contributed by atoms with E-state index in [9.17, 15) is 8.42 Å². The molecule has 8 heteroatoms. The third-order valence-corrected chi connectivity index (χ3v) is 8.40. The molecule has 0 aromatic carbocycles. The lowest BCUT2D eigenvalue weighted by Gasteiger charge is -2.45.